The highest BCUT2D eigenvalue weighted by atomic mass is 16.5. The molecule has 0 bridgehead atoms. The molecule has 1 atom stereocenters. The number of aliphatic carboxylic acids is 1. The quantitative estimate of drug-likeness (QED) is 0.459. The highest BCUT2D eigenvalue weighted by Crippen LogP contribution is 2.44. The van der Waals surface area contributed by atoms with Crippen molar-refractivity contribution in [3.63, 3.8) is 0 Å². The van der Waals surface area contributed by atoms with Crippen molar-refractivity contribution in [2.75, 3.05) is 13.2 Å². The lowest BCUT2D eigenvalue weighted by Gasteiger charge is -2.15. The molecule has 0 spiro atoms. The smallest absolute Gasteiger partial charge is 0.407 e. The van der Waals surface area contributed by atoms with E-state index in [4.69, 9.17) is 9.84 Å². The van der Waals surface area contributed by atoms with E-state index in [9.17, 15) is 14.4 Å². The Hall–Kier alpha value is -3.35. The average Bonchev–Trinajstić information content (AvgIpc) is 3.10. The number of carboxylic acid groups (broad SMARTS) is 1. The molecular formula is C25H30N2O5. The molecule has 7 nitrogen and oxygen atoms in total. The van der Waals surface area contributed by atoms with E-state index in [0.29, 0.717) is 32.2 Å². The lowest BCUT2D eigenvalue weighted by atomic mass is 9.98. The molecule has 3 rings (SSSR count). The van der Waals surface area contributed by atoms with Crippen LogP contribution in [0.15, 0.2) is 48.5 Å². The number of rotatable bonds is 11. The van der Waals surface area contributed by atoms with Gasteiger partial charge in [0.1, 0.15) is 6.61 Å². The molecule has 0 saturated heterocycles. The standard InChI is InChI=1S/C25H30N2O5/c1-2-17(15-24(29)30)27-23(28)13-7-8-14-26-25(31)32-16-22-20-11-5-3-9-18(20)19-10-4-6-12-21(19)22/h3-6,9-12,17,22H,2,7-8,13-16H2,1H3,(H,26,31)(H,27,28)(H,29,30). The molecule has 1 unspecified atom stereocenters. The van der Waals surface area contributed by atoms with Gasteiger partial charge in [-0.15, -0.1) is 0 Å². The van der Waals surface area contributed by atoms with E-state index in [-0.39, 0.29) is 30.9 Å². The summed E-state index contributed by atoms with van der Waals surface area (Å²) in [6.45, 7) is 2.52. The third-order valence-corrected chi connectivity index (χ3v) is 5.72. The number of carbonyl (C=O) groups is 3. The zero-order valence-electron chi connectivity index (χ0n) is 18.3. The zero-order valence-corrected chi connectivity index (χ0v) is 18.3. The van der Waals surface area contributed by atoms with Gasteiger partial charge >= 0.3 is 12.1 Å². The Balaban J connectivity index is 1.37. The van der Waals surface area contributed by atoms with E-state index in [1.54, 1.807) is 0 Å². The monoisotopic (exact) mass is 438 g/mol. The van der Waals surface area contributed by atoms with Crippen LogP contribution in [-0.4, -0.2) is 42.3 Å². The molecule has 32 heavy (non-hydrogen) atoms. The summed E-state index contributed by atoms with van der Waals surface area (Å²) < 4.78 is 5.49. The molecule has 2 aromatic rings. The summed E-state index contributed by atoms with van der Waals surface area (Å²) in [6, 6.07) is 16.0. The van der Waals surface area contributed by atoms with Gasteiger partial charge in [0, 0.05) is 24.9 Å². The average molecular weight is 439 g/mol. The molecule has 1 aliphatic carbocycles. The molecular weight excluding hydrogens is 408 g/mol. The summed E-state index contributed by atoms with van der Waals surface area (Å²) in [5, 5.41) is 14.3. The second-order valence-electron chi connectivity index (χ2n) is 7.98. The van der Waals surface area contributed by atoms with Gasteiger partial charge in [-0.25, -0.2) is 4.79 Å². The second kappa shape index (κ2) is 11.3. The number of fused-ring (bicyclic) bond motifs is 3. The molecule has 3 N–H and O–H groups in total. The molecule has 2 amide bonds. The van der Waals surface area contributed by atoms with E-state index in [0.717, 1.165) is 0 Å². The molecule has 7 heteroatoms. The Bertz CT molecular complexity index is 913. The van der Waals surface area contributed by atoms with Gasteiger partial charge < -0.3 is 20.5 Å². The van der Waals surface area contributed by atoms with Crippen molar-refractivity contribution in [1.29, 1.82) is 0 Å². The van der Waals surface area contributed by atoms with Crippen LogP contribution in [0.1, 0.15) is 56.1 Å². The number of alkyl carbamates (subject to hydrolysis) is 1. The number of benzene rings is 2. The number of nitrogens with one attached hydrogen (secondary N) is 2. The van der Waals surface area contributed by atoms with Gasteiger partial charge in [-0.1, -0.05) is 55.5 Å². The molecule has 0 saturated carbocycles. The van der Waals surface area contributed by atoms with Crippen molar-refractivity contribution in [3.8, 4) is 11.1 Å². The van der Waals surface area contributed by atoms with Gasteiger partial charge in [0.15, 0.2) is 0 Å². The van der Waals surface area contributed by atoms with Gasteiger partial charge in [-0.2, -0.15) is 0 Å². The maximum atomic E-state index is 12.1. The van der Waals surface area contributed by atoms with Crippen molar-refractivity contribution < 1.29 is 24.2 Å². The first kappa shape index (κ1) is 23.3. The summed E-state index contributed by atoms with van der Waals surface area (Å²) in [5.74, 6) is -1.07. The fourth-order valence-corrected chi connectivity index (χ4v) is 4.06. The molecule has 0 radical (unpaired) electrons. The lowest BCUT2D eigenvalue weighted by Crippen LogP contribution is -2.36. The molecule has 1 aliphatic rings. The summed E-state index contributed by atoms with van der Waals surface area (Å²) in [4.78, 5) is 34.8. The summed E-state index contributed by atoms with van der Waals surface area (Å²) in [5.41, 5.74) is 4.70. The van der Waals surface area contributed by atoms with Crippen LogP contribution >= 0.6 is 0 Å². The number of carboxylic acids is 1. The SMILES string of the molecule is CCC(CC(=O)O)NC(=O)CCCCNC(=O)OCC1c2ccccc2-c2ccccc21. The molecule has 170 valence electrons. The molecule has 0 heterocycles. The van der Waals surface area contributed by atoms with Gasteiger partial charge in [0.05, 0.1) is 6.42 Å². The number of unbranched alkanes of at least 4 members (excludes halogenated alkanes) is 1. The largest absolute Gasteiger partial charge is 0.481 e. The lowest BCUT2D eigenvalue weighted by molar-refractivity contribution is -0.137. The van der Waals surface area contributed by atoms with E-state index < -0.39 is 12.1 Å². The predicted octanol–water partition coefficient (Wildman–Crippen LogP) is 4.06. The Kier molecular flexibility index (Phi) is 8.25. The molecule has 0 aliphatic heterocycles. The van der Waals surface area contributed by atoms with Crippen molar-refractivity contribution in [2.24, 2.45) is 0 Å². The van der Waals surface area contributed by atoms with Crippen LogP contribution in [0.2, 0.25) is 0 Å². The van der Waals surface area contributed by atoms with Crippen LogP contribution in [0, 0.1) is 0 Å². The maximum absolute atomic E-state index is 12.1. The first-order valence-corrected chi connectivity index (χ1v) is 11.1. The van der Waals surface area contributed by atoms with Gasteiger partial charge in [0.2, 0.25) is 5.91 Å². The Labute approximate surface area is 188 Å². The highest BCUT2D eigenvalue weighted by Gasteiger charge is 2.28. The minimum absolute atomic E-state index is 0.0224. The van der Waals surface area contributed by atoms with Crippen molar-refractivity contribution in [3.05, 3.63) is 59.7 Å². The normalized spacial score (nSPS) is 13.0. The van der Waals surface area contributed by atoms with Crippen molar-refractivity contribution in [2.45, 2.75) is 51.0 Å². The topological polar surface area (TPSA) is 105 Å². The number of ether oxygens (including phenoxy) is 1. The fraction of sp³-hybridized carbons (Fsp3) is 0.400. The third-order valence-electron chi connectivity index (χ3n) is 5.72. The van der Waals surface area contributed by atoms with Gasteiger partial charge in [0.25, 0.3) is 0 Å². The highest BCUT2D eigenvalue weighted by molar-refractivity contribution is 5.79. The third kappa shape index (κ3) is 6.09. The Morgan fingerprint density at radius 3 is 2.22 bits per heavy atom. The van der Waals surface area contributed by atoms with E-state index in [1.165, 1.54) is 22.3 Å². The van der Waals surface area contributed by atoms with E-state index in [1.807, 2.05) is 31.2 Å². The Morgan fingerprint density at radius 2 is 1.62 bits per heavy atom. The van der Waals surface area contributed by atoms with Crippen LogP contribution in [0.5, 0.6) is 0 Å². The zero-order chi connectivity index (χ0) is 22.9. The Morgan fingerprint density at radius 1 is 1.00 bits per heavy atom. The van der Waals surface area contributed by atoms with Crippen LogP contribution < -0.4 is 10.6 Å². The summed E-state index contributed by atoms with van der Waals surface area (Å²) in [7, 11) is 0. The van der Waals surface area contributed by atoms with Crippen LogP contribution in [0.3, 0.4) is 0 Å². The van der Waals surface area contributed by atoms with Crippen LogP contribution in [0.25, 0.3) is 11.1 Å². The summed E-state index contributed by atoms with van der Waals surface area (Å²) in [6.07, 6.45) is 1.55. The maximum Gasteiger partial charge on any atom is 0.407 e. The molecule has 0 aromatic heterocycles. The van der Waals surface area contributed by atoms with Crippen molar-refractivity contribution >= 4 is 18.0 Å². The van der Waals surface area contributed by atoms with Crippen LogP contribution in [0.4, 0.5) is 4.79 Å². The first-order chi connectivity index (χ1) is 15.5. The fourth-order valence-electron chi connectivity index (χ4n) is 4.06. The predicted molar refractivity (Wildman–Crippen MR) is 121 cm³/mol. The number of hydrogen-bond acceptors (Lipinski definition) is 4. The van der Waals surface area contributed by atoms with Crippen molar-refractivity contribution in [1.82, 2.24) is 10.6 Å². The minimum atomic E-state index is -0.926. The minimum Gasteiger partial charge on any atom is -0.481 e. The molecule has 0 fully saturated rings. The van der Waals surface area contributed by atoms with Gasteiger partial charge in [-0.3, -0.25) is 9.59 Å². The van der Waals surface area contributed by atoms with Gasteiger partial charge in [-0.05, 0) is 41.5 Å². The first-order valence-electron chi connectivity index (χ1n) is 11.1. The number of hydrogen-bond donors (Lipinski definition) is 3. The second-order valence-corrected chi connectivity index (χ2v) is 7.98. The van der Waals surface area contributed by atoms with E-state index in [2.05, 4.69) is 34.9 Å². The van der Waals surface area contributed by atoms with E-state index >= 15 is 0 Å². The summed E-state index contributed by atoms with van der Waals surface area (Å²) >= 11 is 0. The van der Waals surface area contributed by atoms with Crippen LogP contribution in [-0.2, 0) is 14.3 Å². The molecule has 2 aromatic carbocycles. The number of amides is 2. The number of carbonyl (C=O) groups excluding carboxylic acids is 2.